The fourth-order valence-electron chi connectivity index (χ4n) is 2.68. The van der Waals surface area contributed by atoms with Crippen molar-refractivity contribution in [3.05, 3.63) is 34.9 Å². The van der Waals surface area contributed by atoms with Crippen LogP contribution in [0.3, 0.4) is 0 Å². The van der Waals surface area contributed by atoms with Crippen molar-refractivity contribution in [3.8, 4) is 0 Å². The smallest absolute Gasteiger partial charge is 0.0435 e. The van der Waals surface area contributed by atoms with Crippen molar-refractivity contribution in [1.82, 2.24) is 4.90 Å². The predicted octanol–water partition coefficient (Wildman–Crippen LogP) is 2.47. The molecule has 1 heterocycles. The monoisotopic (exact) mass is 232 g/mol. The van der Waals surface area contributed by atoms with Crippen molar-refractivity contribution >= 4 is 0 Å². The molecule has 0 atom stereocenters. The van der Waals surface area contributed by atoms with Gasteiger partial charge >= 0.3 is 0 Å². The van der Waals surface area contributed by atoms with Gasteiger partial charge in [0.25, 0.3) is 0 Å². The van der Waals surface area contributed by atoms with Crippen LogP contribution in [0.15, 0.2) is 18.2 Å². The molecule has 0 spiro atoms. The third kappa shape index (κ3) is 2.70. The first kappa shape index (κ1) is 12.6. The number of nitrogens with two attached hydrogens (primary N) is 1. The van der Waals surface area contributed by atoms with E-state index in [0.29, 0.717) is 5.92 Å². The third-order valence-corrected chi connectivity index (χ3v) is 3.87. The number of aryl methyl sites for hydroxylation is 2. The van der Waals surface area contributed by atoms with E-state index >= 15 is 0 Å². The number of hydrogen-bond donors (Lipinski definition) is 1. The second kappa shape index (κ2) is 4.43. The number of likely N-dealkylation sites (tertiary alicyclic amines) is 1. The Hall–Kier alpha value is -0.860. The van der Waals surface area contributed by atoms with Gasteiger partial charge in [-0.25, -0.2) is 0 Å². The zero-order valence-corrected chi connectivity index (χ0v) is 11.5. The molecule has 17 heavy (non-hydrogen) atoms. The van der Waals surface area contributed by atoms with E-state index in [0.717, 1.165) is 19.6 Å². The van der Waals surface area contributed by atoms with E-state index in [1.54, 1.807) is 0 Å². The lowest BCUT2D eigenvalue weighted by atomic mass is 9.80. The SMILES string of the molecule is Cc1cc(C)cc(CN2CC(N)(C(C)C)C2)c1. The highest BCUT2D eigenvalue weighted by atomic mass is 15.2. The standard InChI is InChI=1S/C15H24N2/c1-11(2)15(16)9-17(10-15)8-14-6-12(3)5-13(4)7-14/h5-7,11H,8-10,16H2,1-4H3. The van der Waals surface area contributed by atoms with Crippen LogP contribution in [0.1, 0.15) is 30.5 Å². The third-order valence-electron chi connectivity index (χ3n) is 3.87. The summed E-state index contributed by atoms with van der Waals surface area (Å²) in [5.41, 5.74) is 10.5. The van der Waals surface area contributed by atoms with Crippen LogP contribution >= 0.6 is 0 Å². The van der Waals surface area contributed by atoms with E-state index in [2.05, 4.69) is 50.8 Å². The molecule has 0 bridgehead atoms. The summed E-state index contributed by atoms with van der Waals surface area (Å²) in [5, 5.41) is 0. The van der Waals surface area contributed by atoms with Gasteiger partial charge in [0.05, 0.1) is 0 Å². The topological polar surface area (TPSA) is 29.3 Å². The summed E-state index contributed by atoms with van der Waals surface area (Å²) in [6, 6.07) is 6.78. The second-order valence-corrected chi connectivity index (χ2v) is 6.03. The Morgan fingerprint density at radius 2 is 1.71 bits per heavy atom. The summed E-state index contributed by atoms with van der Waals surface area (Å²) < 4.78 is 0. The first-order chi connectivity index (χ1) is 7.89. The zero-order valence-electron chi connectivity index (χ0n) is 11.5. The number of rotatable bonds is 3. The van der Waals surface area contributed by atoms with Crippen molar-refractivity contribution in [2.24, 2.45) is 11.7 Å². The van der Waals surface area contributed by atoms with Crippen LogP contribution in [0.4, 0.5) is 0 Å². The molecule has 2 rings (SSSR count). The quantitative estimate of drug-likeness (QED) is 0.867. The van der Waals surface area contributed by atoms with E-state index in [9.17, 15) is 0 Å². The first-order valence-electron chi connectivity index (χ1n) is 6.47. The van der Waals surface area contributed by atoms with Crippen LogP contribution in [-0.2, 0) is 6.54 Å². The molecular formula is C15H24N2. The lowest BCUT2D eigenvalue weighted by Gasteiger charge is -2.50. The highest BCUT2D eigenvalue weighted by molar-refractivity contribution is 5.28. The largest absolute Gasteiger partial charge is 0.323 e. The van der Waals surface area contributed by atoms with Gasteiger partial charge in [-0.1, -0.05) is 43.2 Å². The van der Waals surface area contributed by atoms with E-state index in [1.165, 1.54) is 16.7 Å². The Kier molecular flexibility index (Phi) is 3.28. The van der Waals surface area contributed by atoms with Crippen LogP contribution in [0, 0.1) is 19.8 Å². The second-order valence-electron chi connectivity index (χ2n) is 6.03. The van der Waals surface area contributed by atoms with Crippen LogP contribution in [-0.4, -0.2) is 23.5 Å². The number of hydrogen-bond acceptors (Lipinski definition) is 2. The van der Waals surface area contributed by atoms with Gasteiger partial charge in [0.15, 0.2) is 0 Å². The molecule has 0 unspecified atom stereocenters. The summed E-state index contributed by atoms with van der Waals surface area (Å²) in [4.78, 5) is 2.44. The van der Waals surface area contributed by atoms with Crippen molar-refractivity contribution in [1.29, 1.82) is 0 Å². The Bertz CT molecular complexity index is 383. The van der Waals surface area contributed by atoms with Crippen LogP contribution in [0.2, 0.25) is 0 Å². The molecule has 0 amide bonds. The zero-order chi connectivity index (χ0) is 12.6. The molecule has 1 aliphatic rings. The lowest BCUT2D eigenvalue weighted by Crippen LogP contribution is -2.69. The van der Waals surface area contributed by atoms with Gasteiger partial charge in [0, 0.05) is 25.2 Å². The maximum absolute atomic E-state index is 6.31. The van der Waals surface area contributed by atoms with E-state index in [1.807, 2.05) is 0 Å². The Labute approximate surface area is 105 Å². The lowest BCUT2D eigenvalue weighted by molar-refractivity contribution is 0.0313. The molecule has 2 N–H and O–H groups in total. The molecule has 1 saturated heterocycles. The van der Waals surface area contributed by atoms with Gasteiger partial charge in [-0.05, 0) is 25.3 Å². The van der Waals surface area contributed by atoms with Crippen molar-refractivity contribution in [2.75, 3.05) is 13.1 Å². The molecule has 1 fully saturated rings. The fourth-order valence-corrected chi connectivity index (χ4v) is 2.68. The summed E-state index contributed by atoms with van der Waals surface area (Å²) in [6.07, 6.45) is 0. The molecule has 1 aliphatic heterocycles. The van der Waals surface area contributed by atoms with Crippen LogP contribution in [0.25, 0.3) is 0 Å². The molecule has 2 heteroatoms. The normalized spacial score (nSPS) is 19.4. The van der Waals surface area contributed by atoms with Gasteiger partial charge in [0.1, 0.15) is 0 Å². The molecule has 0 saturated carbocycles. The van der Waals surface area contributed by atoms with E-state index in [-0.39, 0.29) is 5.54 Å². The van der Waals surface area contributed by atoms with Crippen molar-refractivity contribution in [2.45, 2.75) is 39.8 Å². The van der Waals surface area contributed by atoms with Gasteiger partial charge in [-0.15, -0.1) is 0 Å². The highest BCUT2D eigenvalue weighted by Crippen LogP contribution is 2.27. The molecule has 94 valence electrons. The summed E-state index contributed by atoms with van der Waals surface area (Å²) >= 11 is 0. The van der Waals surface area contributed by atoms with Crippen molar-refractivity contribution in [3.63, 3.8) is 0 Å². The predicted molar refractivity (Wildman–Crippen MR) is 72.9 cm³/mol. The fraction of sp³-hybridized carbons (Fsp3) is 0.600. The van der Waals surface area contributed by atoms with Gasteiger partial charge in [-0.2, -0.15) is 0 Å². The van der Waals surface area contributed by atoms with Crippen molar-refractivity contribution < 1.29 is 0 Å². The Balaban J connectivity index is 1.96. The molecule has 1 aromatic carbocycles. The van der Waals surface area contributed by atoms with Crippen LogP contribution < -0.4 is 5.73 Å². The molecule has 2 nitrogen and oxygen atoms in total. The summed E-state index contributed by atoms with van der Waals surface area (Å²) in [5.74, 6) is 0.568. The minimum atomic E-state index is 0.0405. The molecule has 1 aromatic rings. The number of benzene rings is 1. The summed E-state index contributed by atoms with van der Waals surface area (Å²) in [6.45, 7) is 11.8. The first-order valence-corrected chi connectivity index (χ1v) is 6.47. The van der Waals surface area contributed by atoms with E-state index in [4.69, 9.17) is 5.73 Å². The molecule has 0 radical (unpaired) electrons. The minimum Gasteiger partial charge on any atom is -0.323 e. The molecular weight excluding hydrogens is 208 g/mol. The summed E-state index contributed by atoms with van der Waals surface area (Å²) in [7, 11) is 0. The van der Waals surface area contributed by atoms with Gasteiger partial charge in [0.2, 0.25) is 0 Å². The maximum Gasteiger partial charge on any atom is 0.0435 e. The van der Waals surface area contributed by atoms with Crippen LogP contribution in [0.5, 0.6) is 0 Å². The van der Waals surface area contributed by atoms with Gasteiger partial charge < -0.3 is 5.73 Å². The maximum atomic E-state index is 6.31. The Morgan fingerprint density at radius 1 is 1.18 bits per heavy atom. The highest BCUT2D eigenvalue weighted by Gasteiger charge is 2.41. The molecule has 0 aliphatic carbocycles. The average molecular weight is 232 g/mol. The number of nitrogens with zero attached hydrogens (tertiary/aromatic N) is 1. The molecule has 0 aromatic heterocycles. The van der Waals surface area contributed by atoms with Gasteiger partial charge in [-0.3, -0.25) is 4.90 Å². The minimum absolute atomic E-state index is 0.0405. The Morgan fingerprint density at radius 3 is 2.18 bits per heavy atom. The van der Waals surface area contributed by atoms with E-state index < -0.39 is 0 Å². The average Bonchev–Trinajstić information content (AvgIpc) is 2.12.